The average Bonchev–Trinajstić information content (AvgIpc) is 3.02. The lowest BCUT2D eigenvalue weighted by Gasteiger charge is -2.16. The monoisotopic (exact) mass is 338 g/mol. The van der Waals surface area contributed by atoms with Crippen LogP contribution in [0.4, 0.5) is 0 Å². The lowest BCUT2D eigenvalue weighted by atomic mass is 10.2. The quantitative estimate of drug-likeness (QED) is 0.578. The van der Waals surface area contributed by atoms with Crippen LogP contribution in [0.25, 0.3) is 11.0 Å². The van der Waals surface area contributed by atoms with E-state index in [1.807, 2.05) is 29.5 Å². The third-order valence-electron chi connectivity index (χ3n) is 3.60. The maximum Gasteiger partial charge on any atom is 0.111 e. The van der Waals surface area contributed by atoms with Crippen molar-refractivity contribution in [2.45, 2.75) is 26.3 Å². The molecule has 0 saturated heterocycles. The SMILES string of the molecule is Cc1ccc(C(C)n2c(CCCl)nc3ccc(Cl)cc32)s1. The van der Waals surface area contributed by atoms with Crippen LogP contribution in [0.3, 0.4) is 0 Å². The standard InChI is InChI=1S/C16H16Cl2N2S/c1-10-3-6-15(21-10)11(2)20-14-9-12(18)4-5-13(14)19-16(20)7-8-17/h3-6,9,11H,7-8H2,1-2H3. The van der Waals surface area contributed by atoms with Gasteiger partial charge in [-0.15, -0.1) is 22.9 Å². The molecule has 0 aliphatic heterocycles. The van der Waals surface area contributed by atoms with Gasteiger partial charge in [0.15, 0.2) is 0 Å². The highest BCUT2D eigenvalue weighted by Gasteiger charge is 2.18. The Morgan fingerprint density at radius 2 is 2.10 bits per heavy atom. The molecule has 3 rings (SSSR count). The summed E-state index contributed by atoms with van der Waals surface area (Å²) in [5.74, 6) is 1.58. The number of alkyl halides is 1. The van der Waals surface area contributed by atoms with E-state index in [9.17, 15) is 0 Å². The Bertz CT molecular complexity index is 776. The molecule has 0 amide bonds. The second kappa shape index (κ2) is 5.99. The molecule has 0 radical (unpaired) electrons. The number of imidazole rings is 1. The van der Waals surface area contributed by atoms with Crippen molar-refractivity contribution in [3.63, 3.8) is 0 Å². The molecule has 0 aliphatic carbocycles. The summed E-state index contributed by atoms with van der Waals surface area (Å²) in [7, 11) is 0. The number of nitrogens with zero attached hydrogens (tertiary/aromatic N) is 2. The maximum absolute atomic E-state index is 6.17. The smallest absolute Gasteiger partial charge is 0.111 e. The molecule has 0 aliphatic rings. The first kappa shape index (κ1) is 14.9. The molecule has 2 nitrogen and oxygen atoms in total. The number of thiophene rings is 1. The Balaban J connectivity index is 2.18. The zero-order valence-electron chi connectivity index (χ0n) is 11.9. The molecule has 0 fully saturated rings. The van der Waals surface area contributed by atoms with Gasteiger partial charge in [-0.2, -0.15) is 0 Å². The number of benzene rings is 1. The Morgan fingerprint density at radius 1 is 1.29 bits per heavy atom. The minimum atomic E-state index is 0.227. The molecular weight excluding hydrogens is 323 g/mol. The molecule has 0 N–H and O–H groups in total. The molecule has 1 atom stereocenters. The van der Waals surface area contributed by atoms with Gasteiger partial charge >= 0.3 is 0 Å². The first-order chi connectivity index (χ1) is 10.1. The normalized spacial score (nSPS) is 13.0. The van der Waals surface area contributed by atoms with Gasteiger partial charge in [-0.1, -0.05) is 11.6 Å². The number of rotatable bonds is 4. The van der Waals surface area contributed by atoms with E-state index < -0.39 is 0 Å². The molecule has 1 unspecified atom stereocenters. The lowest BCUT2D eigenvalue weighted by Crippen LogP contribution is -2.10. The van der Waals surface area contributed by atoms with E-state index in [0.717, 1.165) is 28.3 Å². The van der Waals surface area contributed by atoms with E-state index in [1.54, 1.807) is 0 Å². The fraction of sp³-hybridized carbons (Fsp3) is 0.312. The third kappa shape index (κ3) is 2.83. The van der Waals surface area contributed by atoms with Crippen molar-refractivity contribution in [3.05, 3.63) is 50.9 Å². The minimum Gasteiger partial charge on any atom is -0.320 e. The second-order valence-electron chi connectivity index (χ2n) is 5.09. The van der Waals surface area contributed by atoms with Gasteiger partial charge in [0, 0.05) is 27.1 Å². The van der Waals surface area contributed by atoms with E-state index in [2.05, 4.69) is 30.5 Å². The summed E-state index contributed by atoms with van der Waals surface area (Å²) >= 11 is 13.9. The van der Waals surface area contributed by atoms with Gasteiger partial charge in [0.05, 0.1) is 17.1 Å². The second-order valence-corrected chi connectivity index (χ2v) is 7.23. The van der Waals surface area contributed by atoms with Gasteiger partial charge in [0.2, 0.25) is 0 Å². The van der Waals surface area contributed by atoms with E-state index in [0.29, 0.717) is 5.88 Å². The molecule has 2 heterocycles. The zero-order chi connectivity index (χ0) is 15.0. The van der Waals surface area contributed by atoms with Crippen LogP contribution in [0.5, 0.6) is 0 Å². The van der Waals surface area contributed by atoms with E-state index >= 15 is 0 Å². The summed E-state index contributed by atoms with van der Waals surface area (Å²) in [5.41, 5.74) is 2.04. The van der Waals surface area contributed by atoms with Crippen molar-refractivity contribution in [2.24, 2.45) is 0 Å². The zero-order valence-corrected chi connectivity index (χ0v) is 14.3. The van der Waals surface area contributed by atoms with Crippen molar-refractivity contribution >= 4 is 45.6 Å². The van der Waals surface area contributed by atoms with Gasteiger partial charge in [0.25, 0.3) is 0 Å². The molecule has 110 valence electrons. The van der Waals surface area contributed by atoms with Crippen LogP contribution in [0.1, 0.15) is 28.5 Å². The molecule has 3 aromatic rings. The first-order valence-corrected chi connectivity index (χ1v) is 8.61. The van der Waals surface area contributed by atoms with Crippen LogP contribution >= 0.6 is 34.5 Å². The summed E-state index contributed by atoms with van der Waals surface area (Å²) in [6.07, 6.45) is 0.753. The molecule has 21 heavy (non-hydrogen) atoms. The van der Waals surface area contributed by atoms with Crippen LogP contribution in [-0.2, 0) is 6.42 Å². The lowest BCUT2D eigenvalue weighted by molar-refractivity contribution is 0.633. The molecule has 0 spiro atoms. The van der Waals surface area contributed by atoms with Crippen molar-refractivity contribution in [1.29, 1.82) is 0 Å². The number of aryl methyl sites for hydroxylation is 2. The third-order valence-corrected chi connectivity index (χ3v) is 5.20. The van der Waals surface area contributed by atoms with Crippen molar-refractivity contribution in [2.75, 3.05) is 5.88 Å². The minimum absolute atomic E-state index is 0.227. The summed E-state index contributed by atoms with van der Waals surface area (Å²) in [6.45, 7) is 4.33. The predicted octanol–water partition coefficient (Wildman–Crippen LogP) is 5.45. The average molecular weight is 339 g/mol. The van der Waals surface area contributed by atoms with Crippen molar-refractivity contribution in [3.8, 4) is 0 Å². The van der Waals surface area contributed by atoms with Crippen molar-refractivity contribution < 1.29 is 0 Å². The van der Waals surface area contributed by atoms with E-state index in [1.165, 1.54) is 9.75 Å². The maximum atomic E-state index is 6.17. The Hall–Kier alpha value is -1.03. The topological polar surface area (TPSA) is 17.8 Å². The number of halogens is 2. The number of hydrogen-bond acceptors (Lipinski definition) is 2. The van der Waals surface area contributed by atoms with Crippen molar-refractivity contribution in [1.82, 2.24) is 9.55 Å². The van der Waals surface area contributed by atoms with Crippen LogP contribution in [0, 0.1) is 6.92 Å². The number of fused-ring (bicyclic) bond motifs is 1. The Labute approximate surface area is 138 Å². The van der Waals surface area contributed by atoms with Crippen LogP contribution in [0.15, 0.2) is 30.3 Å². The van der Waals surface area contributed by atoms with Gasteiger partial charge in [-0.05, 0) is 44.2 Å². The number of hydrogen-bond donors (Lipinski definition) is 0. The van der Waals surface area contributed by atoms with Gasteiger partial charge in [-0.25, -0.2) is 4.98 Å². The highest BCUT2D eigenvalue weighted by molar-refractivity contribution is 7.12. The van der Waals surface area contributed by atoms with Gasteiger partial charge in [-0.3, -0.25) is 0 Å². The number of aromatic nitrogens is 2. The summed E-state index contributed by atoms with van der Waals surface area (Å²) < 4.78 is 2.26. The summed E-state index contributed by atoms with van der Waals surface area (Å²) in [5, 5.41) is 0.732. The first-order valence-electron chi connectivity index (χ1n) is 6.89. The van der Waals surface area contributed by atoms with E-state index in [4.69, 9.17) is 28.2 Å². The Kier molecular flexibility index (Phi) is 4.25. The van der Waals surface area contributed by atoms with Crippen LogP contribution < -0.4 is 0 Å². The van der Waals surface area contributed by atoms with Gasteiger partial charge < -0.3 is 4.57 Å². The molecule has 2 aromatic heterocycles. The summed E-state index contributed by atoms with van der Waals surface area (Å²) in [6, 6.07) is 10.4. The van der Waals surface area contributed by atoms with Crippen LogP contribution in [0.2, 0.25) is 5.02 Å². The van der Waals surface area contributed by atoms with Gasteiger partial charge in [0.1, 0.15) is 5.82 Å². The molecule has 5 heteroatoms. The highest BCUT2D eigenvalue weighted by atomic mass is 35.5. The highest BCUT2D eigenvalue weighted by Crippen LogP contribution is 2.31. The summed E-state index contributed by atoms with van der Waals surface area (Å²) in [4.78, 5) is 7.36. The Morgan fingerprint density at radius 3 is 2.76 bits per heavy atom. The van der Waals surface area contributed by atoms with Crippen LogP contribution in [-0.4, -0.2) is 15.4 Å². The predicted molar refractivity (Wildman–Crippen MR) is 92.0 cm³/mol. The molecule has 0 bridgehead atoms. The molecule has 0 saturated carbocycles. The fourth-order valence-corrected chi connectivity index (χ4v) is 3.87. The fourth-order valence-electron chi connectivity index (χ4n) is 2.61. The van der Waals surface area contributed by atoms with E-state index in [-0.39, 0.29) is 6.04 Å². The largest absolute Gasteiger partial charge is 0.320 e. The molecule has 1 aromatic carbocycles. The molecular formula is C16H16Cl2N2S.